The van der Waals surface area contributed by atoms with Gasteiger partial charge in [0.05, 0.1) is 6.20 Å². The van der Waals surface area contributed by atoms with Gasteiger partial charge in [-0.3, -0.25) is 4.68 Å². The van der Waals surface area contributed by atoms with Crippen molar-refractivity contribution in [3.8, 4) is 0 Å². The van der Waals surface area contributed by atoms with E-state index in [2.05, 4.69) is 44.3 Å². The molecule has 0 fully saturated rings. The van der Waals surface area contributed by atoms with Gasteiger partial charge >= 0.3 is 0 Å². The van der Waals surface area contributed by atoms with Crippen LogP contribution in [0, 0.1) is 5.92 Å². The number of nitrogens with zero attached hydrogens (tertiary/aromatic N) is 2. The summed E-state index contributed by atoms with van der Waals surface area (Å²) in [5, 5.41) is 7.90. The molecule has 3 nitrogen and oxygen atoms in total. The van der Waals surface area contributed by atoms with Crippen LogP contribution in [0.4, 0.5) is 0 Å². The Morgan fingerprint density at radius 2 is 2.12 bits per heavy atom. The smallest absolute Gasteiger partial charge is 0.0537 e. The molecule has 0 aromatic carbocycles. The summed E-state index contributed by atoms with van der Waals surface area (Å²) in [6.45, 7) is 10.8. The van der Waals surface area contributed by atoms with Crippen LogP contribution in [0.2, 0.25) is 0 Å². The summed E-state index contributed by atoms with van der Waals surface area (Å²) in [5.74, 6) is 0.758. The van der Waals surface area contributed by atoms with E-state index < -0.39 is 0 Å². The zero-order valence-corrected chi connectivity index (χ0v) is 11.0. The van der Waals surface area contributed by atoms with Crippen LogP contribution in [0.15, 0.2) is 12.4 Å². The average Bonchev–Trinajstić information content (AvgIpc) is 2.76. The quantitative estimate of drug-likeness (QED) is 0.770. The van der Waals surface area contributed by atoms with Crippen LogP contribution in [0.1, 0.15) is 52.1 Å². The van der Waals surface area contributed by atoms with Gasteiger partial charge in [-0.1, -0.05) is 27.2 Å². The Hall–Kier alpha value is -0.830. The van der Waals surface area contributed by atoms with E-state index in [4.69, 9.17) is 0 Å². The van der Waals surface area contributed by atoms with Crippen molar-refractivity contribution < 1.29 is 0 Å². The Labute approximate surface area is 99.2 Å². The molecular formula is C13H25N3. The van der Waals surface area contributed by atoms with Gasteiger partial charge in [0.2, 0.25) is 0 Å². The number of aryl methyl sites for hydroxylation is 1. The molecule has 0 aliphatic carbocycles. The van der Waals surface area contributed by atoms with Crippen LogP contribution in [0.5, 0.6) is 0 Å². The molecule has 0 saturated heterocycles. The molecule has 1 rings (SSSR count). The first-order valence-electron chi connectivity index (χ1n) is 6.46. The average molecular weight is 223 g/mol. The van der Waals surface area contributed by atoms with Gasteiger partial charge in [0, 0.05) is 24.3 Å². The maximum absolute atomic E-state index is 4.35. The summed E-state index contributed by atoms with van der Waals surface area (Å²) in [7, 11) is 0. The SMILES string of the molecule is CCNC(CC(C)CC)c1cnn(CC)c1. The van der Waals surface area contributed by atoms with Gasteiger partial charge in [-0.15, -0.1) is 0 Å². The number of aromatic nitrogens is 2. The lowest BCUT2D eigenvalue weighted by atomic mass is 9.96. The fourth-order valence-corrected chi connectivity index (χ4v) is 1.89. The molecule has 0 saturated carbocycles. The summed E-state index contributed by atoms with van der Waals surface area (Å²) in [6.07, 6.45) is 6.60. The summed E-state index contributed by atoms with van der Waals surface area (Å²) in [5.41, 5.74) is 1.32. The molecule has 0 spiro atoms. The van der Waals surface area contributed by atoms with Gasteiger partial charge in [-0.05, 0) is 25.8 Å². The molecule has 2 unspecified atom stereocenters. The van der Waals surface area contributed by atoms with Crippen molar-refractivity contribution in [1.82, 2.24) is 15.1 Å². The zero-order chi connectivity index (χ0) is 12.0. The molecule has 1 N–H and O–H groups in total. The Kier molecular flexibility index (Phi) is 5.53. The first kappa shape index (κ1) is 13.2. The fraction of sp³-hybridized carbons (Fsp3) is 0.769. The monoisotopic (exact) mass is 223 g/mol. The molecule has 0 bridgehead atoms. The molecule has 1 aromatic rings. The minimum Gasteiger partial charge on any atom is -0.310 e. The number of hydrogen-bond acceptors (Lipinski definition) is 2. The molecule has 0 radical (unpaired) electrons. The lowest BCUT2D eigenvalue weighted by molar-refractivity contribution is 0.408. The second-order valence-corrected chi connectivity index (χ2v) is 4.49. The van der Waals surface area contributed by atoms with Crippen molar-refractivity contribution in [1.29, 1.82) is 0 Å². The van der Waals surface area contributed by atoms with E-state index in [1.165, 1.54) is 18.4 Å². The predicted molar refractivity (Wildman–Crippen MR) is 68.4 cm³/mol. The fourth-order valence-electron chi connectivity index (χ4n) is 1.89. The van der Waals surface area contributed by atoms with Crippen molar-refractivity contribution in [3.05, 3.63) is 18.0 Å². The summed E-state index contributed by atoms with van der Waals surface area (Å²) in [4.78, 5) is 0. The van der Waals surface area contributed by atoms with Gasteiger partial charge in [0.25, 0.3) is 0 Å². The van der Waals surface area contributed by atoms with Gasteiger partial charge in [-0.2, -0.15) is 5.10 Å². The van der Waals surface area contributed by atoms with E-state index >= 15 is 0 Å². The van der Waals surface area contributed by atoms with E-state index in [9.17, 15) is 0 Å². The van der Waals surface area contributed by atoms with Crippen molar-refractivity contribution in [3.63, 3.8) is 0 Å². The lowest BCUT2D eigenvalue weighted by Crippen LogP contribution is -2.22. The van der Waals surface area contributed by atoms with Crippen LogP contribution in [0.25, 0.3) is 0 Å². The van der Waals surface area contributed by atoms with Gasteiger partial charge in [0.1, 0.15) is 0 Å². The molecule has 0 aliphatic rings. The van der Waals surface area contributed by atoms with Crippen LogP contribution in [0.3, 0.4) is 0 Å². The van der Waals surface area contributed by atoms with Crippen LogP contribution in [-0.4, -0.2) is 16.3 Å². The predicted octanol–water partition coefficient (Wildman–Crippen LogP) is 2.99. The second-order valence-electron chi connectivity index (χ2n) is 4.49. The largest absolute Gasteiger partial charge is 0.310 e. The van der Waals surface area contributed by atoms with E-state index in [0.29, 0.717) is 6.04 Å². The summed E-state index contributed by atoms with van der Waals surface area (Å²) < 4.78 is 2.00. The number of nitrogens with one attached hydrogen (secondary N) is 1. The zero-order valence-electron chi connectivity index (χ0n) is 11.0. The Morgan fingerprint density at radius 1 is 1.38 bits per heavy atom. The van der Waals surface area contributed by atoms with E-state index in [1.807, 2.05) is 10.9 Å². The normalized spacial score (nSPS) is 15.0. The van der Waals surface area contributed by atoms with Crippen molar-refractivity contribution in [2.24, 2.45) is 5.92 Å². The molecule has 16 heavy (non-hydrogen) atoms. The van der Waals surface area contributed by atoms with Crippen LogP contribution < -0.4 is 5.32 Å². The molecule has 3 heteroatoms. The van der Waals surface area contributed by atoms with E-state index in [-0.39, 0.29) is 0 Å². The molecular weight excluding hydrogens is 198 g/mol. The third-order valence-corrected chi connectivity index (χ3v) is 3.17. The maximum atomic E-state index is 4.35. The highest BCUT2D eigenvalue weighted by atomic mass is 15.3. The van der Waals surface area contributed by atoms with Gasteiger partial charge in [0.15, 0.2) is 0 Å². The summed E-state index contributed by atoms with van der Waals surface area (Å²) >= 11 is 0. The minimum atomic E-state index is 0.459. The lowest BCUT2D eigenvalue weighted by Gasteiger charge is -2.19. The standard InChI is InChI=1S/C13H25N3/c1-5-11(4)8-13(14-6-2)12-9-15-16(7-3)10-12/h9-11,13-14H,5-8H2,1-4H3. The first-order chi connectivity index (χ1) is 7.71. The Balaban J connectivity index is 2.68. The molecule has 0 amide bonds. The Bertz CT molecular complexity index is 293. The van der Waals surface area contributed by atoms with Gasteiger partial charge < -0.3 is 5.32 Å². The molecule has 1 heterocycles. The van der Waals surface area contributed by atoms with Crippen LogP contribution in [-0.2, 0) is 6.54 Å². The number of rotatable bonds is 7. The second kappa shape index (κ2) is 6.69. The molecule has 0 aliphatic heterocycles. The van der Waals surface area contributed by atoms with Crippen molar-refractivity contribution in [2.75, 3.05) is 6.54 Å². The Morgan fingerprint density at radius 3 is 2.62 bits per heavy atom. The van der Waals surface area contributed by atoms with Crippen LogP contribution >= 0.6 is 0 Å². The van der Waals surface area contributed by atoms with E-state index in [0.717, 1.165) is 19.0 Å². The summed E-state index contributed by atoms with van der Waals surface area (Å²) in [6, 6.07) is 0.459. The van der Waals surface area contributed by atoms with E-state index in [1.54, 1.807) is 0 Å². The molecule has 2 atom stereocenters. The molecule has 1 aromatic heterocycles. The highest BCUT2D eigenvalue weighted by Crippen LogP contribution is 2.22. The first-order valence-corrected chi connectivity index (χ1v) is 6.46. The third kappa shape index (κ3) is 3.63. The van der Waals surface area contributed by atoms with Crippen molar-refractivity contribution >= 4 is 0 Å². The topological polar surface area (TPSA) is 29.9 Å². The maximum Gasteiger partial charge on any atom is 0.0537 e. The highest BCUT2D eigenvalue weighted by Gasteiger charge is 2.14. The third-order valence-electron chi connectivity index (χ3n) is 3.17. The van der Waals surface area contributed by atoms with Crippen molar-refractivity contribution in [2.45, 2.75) is 53.1 Å². The minimum absolute atomic E-state index is 0.459. The van der Waals surface area contributed by atoms with Gasteiger partial charge in [-0.25, -0.2) is 0 Å². The molecule has 92 valence electrons. The highest BCUT2D eigenvalue weighted by molar-refractivity contribution is 5.10. The number of hydrogen-bond donors (Lipinski definition) is 1.